The average Bonchev–Trinajstić information content (AvgIpc) is 2.62. The maximum absolute atomic E-state index is 11.9. The Bertz CT molecular complexity index is 827. The summed E-state index contributed by atoms with van der Waals surface area (Å²) in [6, 6.07) is 10.9. The number of phenolic OH excluding ortho intramolecular Hbond substituents is 1. The van der Waals surface area contributed by atoms with Crippen molar-refractivity contribution < 1.29 is 19.4 Å². The maximum atomic E-state index is 11.9. The molecule has 2 rings (SSSR count). The first-order valence-electron chi connectivity index (χ1n) is 8.32. The van der Waals surface area contributed by atoms with E-state index in [-0.39, 0.29) is 23.7 Å². The van der Waals surface area contributed by atoms with Gasteiger partial charge in [-0.15, -0.1) is 0 Å². The second-order valence-corrected chi connectivity index (χ2v) is 7.76. The number of rotatable bonds is 6. The van der Waals surface area contributed by atoms with Crippen molar-refractivity contribution in [3.8, 4) is 17.2 Å². The van der Waals surface area contributed by atoms with Gasteiger partial charge in [-0.05, 0) is 56.7 Å². The number of amides is 1. The monoisotopic (exact) mass is 434 g/mol. The number of phenols is 1. The first-order valence-corrected chi connectivity index (χ1v) is 9.11. The van der Waals surface area contributed by atoms with E-state index in [1.807, 2.05) is 24.3 Å². The van der Waals surface area contributed by atoms with E-state index in [9.17, 15) is 9.90 Å². The number of halogens is 1. The predicted molar refractivity (Wildman–Crippen MR) is 109 cm³/mol. The average molecular weight is 435 g/mol. The van der Waals surface area contributed by atoms with Gasteiger partial charge in [0.15, 0.2) is 18.1 Å². The highest BCUT2D eigenvalue weighted by atomic mass is 79.9. The topological polar surface area (TPSA) is 80.2 Å². The maximum Gasteiger partial charge on any atom is 0.277 e. The van der Waals surface area contributed by atoms with Crippen LogP contribution in [0.4, 0.5) is 0 Å². The van der Waals surface area contributed by atoms with Gasteiger partial charge in [0.25, 0.3) is 5.91 Å². The van der Waals surface area contributed by atoms with Gasteiger partial charge in [0.2, 0.25) is 0 Å². The van der Waals surface area contributed by atoms with Gasteiger partial charge in [-0.25, -0.2) is 5.43 Å². The SMILES string of the molecule is COc1cc(C=NNC(=O)COc2ccc(C(C)(C)C)cc2)cc(Br)c1O. The molecule has 0 aliphatic rings. The number of aromatic hydroxyl groups is 1. The van der Waals surface area contributed by atoms with E-state index in [0.717, 1.165) is 0 Å². The van der Waals surface area contributed by atoms with E-state index in [1.54, 1.807) is 12.1 Å². The first kappa shape index (κ1) is 20.8. The Labute approximate surface area is 167 Å². The molecular weight excluding hydrogens is 412 g/mol. The summed E-state index contributed by atoms with van der Waals surface area (Å²) < 4.78 is 11.0. The molecule has 0 unspecified atom stereocenters. The van der Waals surface area contributed by atoms with Crippen LogP contribution in [0.1, 0.15) is 31.9 Å². The van der Waals surface area contributed by atoms with E-state index < -0.39 is 0 Å². The van der Waals surface area contributed by atoms with Crippen molar-refractivity contribution in [3.63, 3.8) is 0 Å². The van der Waals surface area contributed by atoms with Crippen LogP contribution in [0, 0.1) is 0 Å². The Morgan fingerprint density at radius 1 is 1.26 bits per heavy atom. The van der Waals surface area contributed by atoms with Crippen LogP contribution in [0.5, 0.6) is 17.2 Å². The number of nitrogens with zero attached hydrogens (tertiary/aromatic N) is 1. The summed E-state index contributed by atoms with van der Waals surface area (Å²) in [6.45, 7) is 6.26. The summed E-state index contributed by atoms with van der Waals surface area (Å²) in [5.74, 6) is 0.550. The molecule has 2 aromatic carbocycles. The van der Waals surface area contributed by atoms with Crippen molar-refractivity contribution >= 4 is 28.1 Å². The van der Waals surface area contributed by atoms with Crippen LogP contribution in [0.15, 0.2) is 46.0 Å². The fourth-order valence-corrected chi connectivity index (χ4v) is 2.69. The summed E-state index contributed by atoms with van der Waals surface area (Å²) in [5.41, 5.74) is 4.30. The molecule has 0 aliphatic heterocycles. The number of benzene rings is 2. The van der Waals surface area contributed by atoms with Gasteiger partial charge in [0, 0.05) is 0 Å². The first-order chi connectivity index (χ1) is 12.7. The minimum atomic E-state index is -0.379. The Balaban J connectivity index is 1.88. The zero-order valence-corrected chi connectivity index (χ0v) is 17.3. The van der Waals surface area contributed by atoms with Crippen molar-refractivity contribution in [1.82, 2.24) is 5.43 Å². The minimum Gasteiger partial charge on any atom is -0.503 e. The van der Waals surface area contributed by atoms with E-state index >= 15 is 0 Å². The summed E-state index contributed by atoms with van der Waals surface area (Å²) in [5, 5.41) is 13.7. The molecule has 0 aliphatic carbocycles. The molecular formula is C20H23BrN2O4. The third-order valence-corrected chi connectivity index (χ3v) is 4.37. The highest BCUT2D eigenvalue weighted by Gasteiger charge is 2.13. The molecule has 0 spiro atoms. The molecule has 0 aromatic heterocycles. The largest absolute Gasteiger partial charge is 0.503 e. The van der Waals surface area contributed by atoms with E-state index in [0.29, 0.717) is 21.5 Å². The fourth-order valence-electron chi connectivity index (χ4n) is 2.24. The number of nitrogens with one attached hydrogen (secondary N) is 1. The van der Waals surface area contributed by atoms with E-state index in [4.69, 9.17) is 9.47 Å². The molecule has 0 heterocycles. The number of hydrazone groups is 1. The highest BCUT2D eigenvalue weighted by Crippen LogP contribution is 2.34. The second-order valence-electron chi connectivity index (χ2n) is 6.91. The standard InChI is InChI=1S/C20H23BrN2O4/c1-20(2,3)14-5-7-15(8-6-14)27-12-18(24)23-22-11-13-9-16(21)19(25)17(10-13)26-4/h5-11,25H,12H2,1-4H3,(H,23,24). The lowest BCUT2D eigenvalue weighted by atomic mass is 9.87. The van der Waals surface area contributed by atoms with Gasteiger partial charge < -0.3 is 14.6 Å². The van der Waals surface area contributed by atoms with E-state index in [1.165, 1.54) is 18.9 Å². The molecule has 144 valence electrons. The fraction of sp³-hybridized carbons (Fsp3) is 0.300. The summed E-state index contributed by atoms with van der Waals surface area (Å²) in [6.07, 6.45) is 1.45. The predicted octanol–water partition coefficient (Wildman–Crippen LogP) is 3.99. The van der Waals surface area contributed by atoms with Crippen LogP contribution in [-0.4, -0.2) is 30.9 Å². The lowest BCUT2D eigenvalue weighted by Gasteiger charge is -2.19. The molecule has 0 bridgehead atoms. The molecule has 0 atom stereocenters. The van der Waals surface area contributed by atoms with Crippen molar-refractivity contribution in [2.75, 3.05) is 13.7 Å². The van der Waals surface area contributed by atoms with Crippen molar-refractivity contribution in [2.24, 2.45) is 5.10 Å². The lowest BCUT2D eigenvalue weighted by molar-refractivity contribution is -0.123. The quantitative estimate of drug-likeness (QED) is 0.531. The van der Waals surface area contributed by atoms with Gasteiger partial charge in [0.05, 0.1) is 17.8 Å². The molecule has 2 aromatic rings. The number of methoxy groups -OCH3 is 1. The minimum absolute atomic E-state index is 0.00423. The van der Waals surface area contributed by atoms with Crippen molar-refractivity contribution in [1.29, 1.82) is 0 Å². The third-order valence-electron chi connectivity index (χ3n) is 3.76. The van der Waals surface area contributed by atoms with Gasteiger partial charge in [-0.3, -0.25) is 4.79 Å². The lowest BCUT2D eigenvalue weighted by Crippen LogP contribution is -2.24. The zero-order valence-electron chi connectivity index (χ0n) is 15.7. The normalized spacial score (nSPS) is 11.4. The number of carbonyl (C=O) groups excluding carboxylic acids is 1. The Hall–Kier alpha value is -2.54. The van der Waals surface area contributed by atoms with Crippen LogP contribution in [0.25, 0.3) is 0 Å². The number of hydrogen-bond donors (Lipinski definition) is 2. The Kier molecular flexibility index (Phi) is 6.85. The van der Waals surface area contributed by atoms with Crippen LogP contribution in [0.2, 0.25) is 0 Å². The zero-order chi connectivity index (χ0) is 20.0. The highest BCUT2D eigenvalue weighted by molar-refractivity contribution is 9.10. The van der Waals surface area contributed by atoms with Crippen LogP contribution >= 0.6 is 15.9 Å². The Morgan fingerprint density at radius 2 is 1.93 bits per heavy atom. The molecule has 6 nitrogen and oxygen atoms in total. The van der Waals surface area contributed by atoms with Crippen LogP contribution < -0.4 is 14.9 Å². The Morgan fingerprint density at radius 3 is 2.52 bits per heavy atom. The van der Waals surface area contributed by atoms with Gasteiger partial charge in [-0.2, -0.15) is 5.10 Å². The van der Waals surface area contributed by atoms with Gasteiger partial charge in [0.1, 0.15) is 5.75 Å². The van der Waals surface area contributed by atoms with Gasteiger partial charge >= 0.3 is 0 Å². The van der Waals surface area contributed by atoms with Crippen molar-refractivity contribution in [2.45, 2.75) is 26.2 Å². The number of ether oxygens (including phenoxy) is 2. The molecule has 0 fully saturated rings. The second kappa shape index (κ2) is 8.90. The van der Waals surface area contributed by atoms with Crippen molar-refractivity contribution in [3.05, 3.63) is 52.0 Å². The number of carbonyl (C=O) groups is 1. The molecule has 1 amide bonds. The molecule has 27 heavy (non-hydrogen) atoms. The number of hydrogen-bond acceptors (Lipinski definition) is 5. The third kappa shape index (κ3) is 5.99. The van der Waals surface area contributed by atoms with Crippen LogP contribution in [0.3, 0.4) is 0 Å². The summed E-state index contributed by atoms with van der Waals surface area (Å²) in [7, 11) is 1.45. The van der Waals surface area contributed by atoms with Gasteiger partial charge in [-0.1, -0.05) is 32.9 Å². The van der Waals surface area contributed by atoms with E-state index in [2.05, 4.69) is 47.2 Å². The smallest absolute Gasteiger partial charge is 0.277 e. The molecule has 7 heteroatoms. The van der Waals surface area contributed by atoms with Crippen LogP contribution in [-0.2, 0) is 10.2 Å². The molecule has 0 radical (unpaired) electrons. The molecule has 0 saturated carbocycles. The summed E-state index contributed by atoms with van der Waals surface area (Å²) >= 11 is 3.23. The summed E-state index contributed by atoms with van der Waals surface area (Å²) in [4.78, 5) is 11.9. The molecule has 0 saturated heterocycles. The molecule has 2 N–H and O–H groups in total.